The standard InChI is InChI=1S/C8H2Cl5O2.3C4H9.Sn/c1-2(14)15-8-6(12)4(10)3(9)5(11)7(8)13;3*1-3-4-2;/h1H2;3*1,3-4H2,2H3;. The van der Waals surface area contributed by atoms with Crippen molar-refractivity contribution in [3.05, 3.63) is 25.1 Å². The van der Waals surface area contributed by atoms with Crippen LogP contribution in [0.3, 0.4) is 0 Å². The van der Waals surface area contributed by atoms with Crippen LogP contribution in [0, 0.1) is 0 Å². The zero-order valence-corrected chi connectivity index (χ0v) is 23.4. The van der Waals surface area contributed by atoms with Crippen molar-refractivity contribution in [3.63, 3.8) is 0 Å². The Morgan fingerprint density at radius 2 is 1.07 bits per heavy atom. The maximum atomic E-state index is 12.9. The quantitative estimate of drug-likeness (QED) is 0.0789. The molecule has 1 aromatic rings. The van der Waals surface area contributed by atoms with Crippen LogP contribution in [0.4, 0.5) is 0 Å². The maximum absolute atomic E-state index is 12.9. The Bertz CT molecular complexity index is 616. The van der Waals surface area contributed by atoms with Crippen LogP contribution >= 0.6 is 58.0 Å². The molecule has 0 saturated heterocycles. The van der Waals surface area contributed by atoms with E-state index in [0.29, 0.717) is 4.44 Å². The van der Waals surface area contributed by atoms with E-state index >= 15 is 0 Å². The van der Waals surface area contributed by atoms with Crippen LogP contribution in [0.25, 0.3) is 0 Å². The fourth-order valence-electron chi connectivity index (χ4n) is 3.43. The van der Waals surface area contributed by atoms with Crippen LogP contribution in [0.5, 0.6) is 5.75 Å². The molecule has 0 aliphatic rings. The first-order chi connectivity index (χ1) is 13.2. The van der Waals surface area contributed by atoms with Gasteiger partial charge >= 0.3 is 200 Å². The monoisotopic (exact) mass is 596 g/mol. The van der Waals surface area contributed by atoms with E-state index in [9.17, 15) is 4.79 Å². The van der Waals surface area contributed by atoms with Gasteiger partial charge in [0, 0.05) is 0 Å². The number of hydrogen-bond donors (Lipinski definition) is 0. The average molecular weight is 597 g/mol. The van der Waals surface area contributed by atoms with Crippen LogP contribution in [-0.4, -0.2) is 24.3 Å². The minimum atomic E-state index is -2.69. The van der Waals surface area contributed by atoms with E-state index < -0.39 is 18.4 Å². The number of unbranched alkanes of at least 4 members (excludes halogenated alkanes) is 3. The molecule has 0 bridgehead atoms. The van der Waals surface area contributed by atoms with E-state index in [-0.39, 0.29) is 36.8 Å². The molecule has 0 radical (unpaired) electrons. The van der Waals surface area contributed by atoms with Crippen molar-refractivity contribution in [2.45, 2.75) is 77.0 Å². The summed E-state index contributed by atoms with van der Waals surface area (Å²) in [6.07, 6.45) is 6.97. The molecule has 0 amide bonds. The fraction of sp³-hybridized carbons (Fsp3) is 0.650. The third-order valence-corrected chi connectivity index (χ3v) is 22.4. The summed E-state index contributed by atoms with van der Waals surface area (Å²) in [5, 5.41) is 0.175. The van der Waals surface area contributed by atoms with Crippen molar-refractivity contribution in [1.29, 1.82) is 0 Å². The normalized spacial score (nSPS) is 11.7. The van der Waals surface area contributed by atoms with Gasteiger partial charge in [-0.3, -0.25) is 0 Å². The number of esters is 1. The Balaban J connectivity index is 3.10. The molecular formula is C20H29Cl5O2Sn. The molecule has 0 saturated carbocycles. The molecule has 1 rings (SSSR count). The Kier molecular flexibility index (Phi) is 12.9. The first-order valence-electron chi connectivity index (χ1n) is 9.95. The first kappa shape index (κ1) is 27.0. The molecule has 0 fully saturated rings. The zero-order valence-electron chi connectivity index (χ0n) is 16.8. The van der Waals surface area contributed by atoms with Crippen LogP contribution in [0.1, 0.15) is 59.3 Å². The number of hydrogen-bond acceptors (Lipinski definition) is 2. The second-order valence-electron chi connectivity index (χ2n) is 7.36. The van der Waals surface area contributed by atoms with Gasteiger partial charge in [-0.05, 0) is 0 Å². The zero-order chi connectivity index (χ0) is 21.3. The summed E-state index contributed by atoms with van der Waals surface area (Å²) in [5.41, 5.74) is 0. The predicted molar refractivity (Wildman–Crippen MR) is 127 cm³/mol. The number of halogens is 5. The molecular weight excluding hydrogens is 568 g/mol. The van der Waals surface area contributed by atoms with Crippen LogP contribution < -0.4 is 4.74 Å². The van der Waals surface area contributed by atoms with Gasteiger partial charge in [-0.2, -0.15) is 0 Å². The molecule has 0 aromatic heterocycles. The van der Waals surface area contributed by atoms with Crippen molar-refractivity contribution in [2.24, 2.45) is 0 Å². The first-order valence-corrected chi connectivity index (χ1v) is 19.9. The molecule has 8 heteroatoms. The van der Waals surface area contributed by atoms with Crippen LogP contribution in [0.15, 0.2) is 0 Å². The summed E-state index contributed by atoms with van der Waals surface area (Å²) < 4.78 is 9.77. The second kappa shape index (κ2) is 13.4. The Morgan fingerprint density at radius 1 is 0.714 bits per heavy atom. The Morgan fingerprint density at radius 3 is 1.43 bits per heavy atom. The second-order valence-corrected chi connectivity index (χ2v) is 23.1. The Hall–Kier alpha value is 0.939. The van der Waals surface area contributed by atoms with Crippen LogP contribution in [-0.2, 0) is 4.79 Å². The molecule has 0 N–H and O–H groups in total. The molecule has 0 heterocycles. The van der Waals surface area contributed by atoms with E-state index in [0.717, 1.165) is 19.3 Å². The number of carbonyl (C=O) groups is 1. The number of carbonyl (C=O) groups excluding carboxylic acids is 1. The molecule has 0 atom stereocenters. The van der Waals surface area contributed by atoms with Gasteiger partial charge in [0.15, 0.2) is 0 Å². The van der Waals surface area contributed by atoms with Gasteiger partial charge in [-0.1, -0.05) is 0 Å². The molecule has 0 unspecified atom stereocenters. The van der Waals surface area contributed by atoms with Gasteiger partial charge in [-0.25, -0.2) is 0 Å². The SMILES string of the molecule is CCC[CH2][Sn]([CH2]CCC)([CH2]CCC)[CH2]C(=O)Oc1c(Cl)c(Cl)c(Cl)c(Cl)c1Cl. The van der Waals surface area contributed by atoms with Crippen LogP contribution in [0.2, 0.25) is 42.9 Å². The predicted octanol–water partition coefficient (Wildman–Crippen LogP) is 9.71. The van der Waals surface area contributed by atoms with Gasteiger partial charge < -0.3 is 0 Å². The third kappa shape index (κ3) is 7.57. The van der Waals surface area contributed by atoms with Gasteiger partial charge in [-0.15, -0.1) is 0 Å². The van der Waals surface area contributed by atoms with Crippen molar-refractivity contribution < 1.29 is 9.53 Å². The van der Waals surface area contributed by atoms with Crippen molar-refractivity contribution in [1.82, 2.24) is 0 Å². The van der Waals surface area contributed by atoms with E-state index in [1.807, 2.05) is 0 Å². The van der Waals surface area contributed by atoms with E-state index in [1.165, 1.54) is 32.6 Å². The van der Waals surface area contributed by atoms with E-state index in [4.69, 9.17) is 62.7 Å². The van der Waals surface area contributed by atoms with Gasteiger partial charge in [0.25, 0.3) is 0 Å². The minimum absolute atomic E-state index is 0.00870. The van der Waals surface area contributed by atoms with Gasteiger partial charge in [0.1, 0.15) is 0 Å². The summed E-state index contributed by atoms with van der Waals surface area (Å²) in [7, 11) is 0. The number of benzene rings is 1. The van der Waals surface area contributed by atoms with Gasteiger partial charge in [0.05, 0.1) is 0 Å². The summed E-state index contributed by atoms with van der Waals surface area (Å²) in [6, 6.07) is 0. The Labute approximate surface area is 198 Å². The molecule has 2 nitrogen and oxygen atoms in total. The molecule has 0 aliphatic carbocycles. The van der Waals surface area contributed by atoms with Crippen molar-refractivity contribution >= 4 is 82.4 Å². The summed E-state index contributed by atoms with van der Waals surface area (Å²) >= 11 is 28.0. The number of rotatable bonds is 12. The summed E-state index contributed by atoms with van der Waals surface area (Å²) in [6.45, 7) is 6.60. The molecule has 160 valence electrons. The topological polar surface area (TPSA) is 26.3 Å². The molecule has 28 heavy (non-hydrogen) atoms. The fourth-order valence-corrected chi connectivity index (χ4v) is 19.7. The average Bonchev–Trinajstić information content (AvgIpc) is 2.69. The molecule has 1 aromatic carbocycles. The summed E-state index contributed by atoms with van der Waals surface area (Å²) in [4.78, 5) is 12.9. The number of ether oxygens (including phenoxy) is 1. The van der Waals surface area contributed by atoms with Gasteiger partial charge in [0.2, 0.25) is 0 Å². The summed E-state index contributed by atoms with van der Waals surface area (Å²) in [5.74, 6) is -0.272. The molecule has 0 aliphatic heterocycles. The van der Waals surface area contributed by atoms with E-state index in [2.05, 4.69) is 20.8 Å². The molecule has 0 spiro atoms. The van der Waals surface area contributed by atoms with Crippen molar-refractivity contribution in [2.75, 3.05) is 0 Å². The van der Waals surface area contributed by atoms with E-state index in [1.54, 1.807) is 0 Å². The van der Waals surface area contributed by atoms with Crippen molar-refractivity contribution in [3.8, 4) is 5.75 Å². The third-order valence-electron chi connectivity index (χ3n) is 5.09.